The van der Waals surface area contributed by atoms with Gasteiger partial charge in [0.15, 0.2) is 0 Å². The monoisotopic (exact) mass is 154 g/mol. The summed E-state index contributed by atoms with van der Waals surface area (Å²) in [6, 6.07) is 0. The minimum atomic E-state index is 0.345. The molecule has 0 aliphatic rings. The predicted molar refractivity (Wildman–Crippen MR) is 27.6 cm³/mol. The van der Waals surface area contributed by atoms with Crippen molar-refractivity contribution < 1.29 is 29.9 Å². The normalized spacial score (nSPS) is 10.2. The first-order valence-electron chi connectivity index (χ1n) is 2.82. The zero-order chi connectivity index (χ0) is 7.66. The lowest BCUT2D eigenvalue weighted by atomic mass is 10.9. The van der Waals surface area contributed by atoms with Crippen LogP contribution in [0.4, 0.5) is 0 Å². The van der Waals surface area contributed by atoms with E-state index < -0.39 is 0 Å². The molecule has 0 heterocycles. The minimum absolute atomic E-state index is 0.345. The van der Waals surface area contributed by atoms with Crippen LogP contribution in [0.1, 0.15) is 13.8 Å². The number of hydrogen-bond donors (Lipinski definition) is 0. The van der Waals surface area contributed by atoms with Crippen LogP contribution < -0.4 is 0 Å². The van der Waals surface area contributed by atoms with Crippen LogP contribution in [-0.2, 0) is 29.9 Å². The first kappa shape index (κ1) is 9.76. The van der Waals surface area contributed by atoms with Crippen molar-refractivity contribution in [1.29, 1.82) is 0 Å². The van der Waals surface area contributed by atoms with Crippen molar-refractivity contribution in [3.05, 3.63) is 0 Å². The molecule has 6 nitrogen and oxygen atoms in total. The summed E-state index contributed by atoms with van der Waals surface area (Å²) in [5.74, 6) is 0. The van der Waals surface area contributed by atoms with Gasteiger partial charge in [0.2, 0.25) is 0 Å². The van der Waals surface area contributed by atoms with Gasteiger partial charge in [-0.2, -0.15) is 0 Å². The van der Waals surface area contributed by atoms with Gasteiger partial charge < -0.3 is 0 Å². The molecule has 6 heteroatoms. The van der Waals surface area contributed by atoms with Crippen molar-refractivity contribution in [2.24, 2.45) is 0 Å². The van der Waals surface area contributed by atoms with Crippen LogP contribution in [0.15, 0.2) is 0 Å². The zero-order valence-electron chi connectivity index (χ0n) is 5.86. The van der Waals surface area contributed by atoms with Crippen LogP contribution in [-0.4, -0.2) is 13.2 Å². The minimum Gasteiger partial charge on any atom is -0.204 e. The van der Waals surface area contributed by atoms with Crippen LogP contribution in [0.25, 0.3) is 0 Å². The SMILES string of the molecule is CCOOOOOOCC. The van der Waals surface area contributed by atoms with Crippen molar-refractivity contribution in [2.75, 3.05) is 13.2 Å². The van der Waals surface area contributed by atoms with Gasteiger partial charge in [0, 0.05) is 0 Å². The first-order valence-corrected chi connectivity index (χ1v) is 2.82. The summed E-state index contributed by atoms with van der Waals surface area (Å²) in [5, 5.41) is 15.4. The summed E-state index contributed by atoms with van der Waals surface area (Å²) in [7, 11) is 0. The molecule has 0 spiro atoms. The molecule has 0 bridgehead atoms. The Hall–Kier alpha value is -0.240. The first-order chi connectivity index (χ1) is 4.91. The third kappa shape index (κ3) is 7.76. The van der Waals surface area contributed by atoms with Gasteiger partial charge in [0.05, 0.1) is 13.2 Å². The second-order valence-electron chi connectivity index (χ2n) is 1.09. The highest BCUT2D eigenvalue weighted by Gasteiger charge is 1.88. The van der Waals surface area contributed by atoms with E-state index >= 15 is 0 Å². The molecular weight excluding hydrogens is 144 g/mol. The van der Waals surface area contributed by atoms with Gasteiger partial charge in [-0.1, -0.05) is 0 Å². The Morgan fingerprint density at radius 1 is 0.700 bits per heavy atom. The Morgan fingerprint density at radius 3 is 1.40 bits per heavy atom. The second-order valence-corrected chi connectivity index (χ2v) is 1.09. The van der Waals surface area contributed by atoms with Gasteiger partial charge in [-0.15, -0.1) is 0 Å². The molecule has 0 saturated heterocycles. The molecule has 0 aromatic carbocycles. The van der Waals surface area contributed by atoms with E-state index in [0.29, 0.717) is 13.2 Å². The molecule has 0 saturated carbocycles. The highest BCUT2D eigenvalue weighted by Crippen LogP contribution is 1.85. The van der Waals surface area contributed by atoms with Crippen molar-refractivity contribution in [3.8, 4) is 0 Å². The fraction of sp³-hybridized carbons (Fsp3) is 1.00. The Labute approximate surface area is 58.2 Å². The van der Waals surface area contributed by atoms with Gasteiger partial charge >= 0.3 is 0 Å². The highest BCUT2D eigenvalue weighted by molar-refractivity contribution is 3.90. The van der Waals surface area contributed by atoms with Gasteiger partial charge in [-0.05, 0) is 34.0 Å². The van der Waals surface area contributed by atoms with Crippen LogP contribution >= 0.6 is 0 Å². The standard InChI is InChI=1S/C4H10O6/c1-3-5-7-9-10-8-6-4-2/h3-4H2,1-2H3. The molecule has 0 aliphatic carbocycles. The van der Waals surface area contributed by atoms with E-state index in [-0.39, 0.29) is 0 Å². The lowest BCUT2D eigenvalue weighted by Gasteiger charge is -1.97. The molecular formula is C4H10O6. The van der Waals surface area contributed by atoms with Gasteiger partial charge in [0.1, 0.15) is 0 Å². The third-order valence-corrected chi connectivity index (χ3v) is 0.415. The van der Waals surface area contributed by atoms with Gasteiger partial charge in [-0.3, -0.25) is 0 Å². The van der Waals surface area contributed by atoms with Crippen LogP contribution in [0.5, 0.6) is 0 Å². The summed E-state index contributed by atoms with van der Waals surface area (Å²) >= 11 is 0. The smallest absolute Gasteiger partial charge is 0.0826 e. The molecule has 0 radical (unpaired) electrons. The molecule has 0 aromatic rings. The van der Waals surface area contributed by atoms with E-state index in [0.717, 1.165) is 0 Å². The van der Waals surface area contributed by atoms with E-state index in [9.17, 15) is 0 Å². The Morgan fingerprint density at radius 2 is 1.10 bits per heavy atom. The van der Waals surface area contributed by atoms with Crippen molar-refractivity contribution in [1.82, 2.24) is 0 Å². The van der Waals surface area contributed by atoms with Crippen molar-refractivity contribution in [3.63, 3.8) is 0 Å². The summed E-state index contributed by atoms with van der Waals surface area (Å²) < 4.78 is 0. The fourth-order valence-corrected chi connectivity index (χ4v) is 0.158. The Kier molecular flexibility index (Phi) is 8.55. The van der Waals surface area contributed by atoms with Gasteiger partial charge in [-0.25, -0.2) is 9.78 Å². The van der Waals surface area contributed by atoms with E-state index in [1.165, 1.54) is 0 Å². The van der Waals surface area contributed by atoms with Crippen LogP contribution in [0.2, 0.25) is 0 Å². The average molecular weight is 154 g/mol. The molecule has 0 N–H and O–H groups in total. The quantitative estimate of drug-likeness (QED) is 0.305. The lowest BCUT2D eigenvalue weighted by molar-refractivity contribution is -0.756. The Balaban J connectivity index is 2.65. The van der Waals surface area contributed by atoms with E-state index in [2.05, 4.69) is 29.9 Å². The number of rotatable bonds is 7. The summed E-state index contributed by atoms with van der Waals surface area (Å²) in [5.41, 5.74) is 0. The molecule has 0 unspecified atom stereocenters. The molecule has 62 valence electrons. The van der Waals surface area contributed by atoms with E-state index in [1.807, 2.05) is 0 Å². The molecule has 0 rings (SSSR count). The topological polar surface area (TPSA) is 55.4 Å². The average Bonchev–Trinajstić information content (AvgIpc) is 1.97. The van der Waals surface area contributed by atoms with E-state index in [1.54, 1.807) is 13.8 Å². The van der Waals surface area contributed by atoms with Crippen LogP contribution in [0, 0.1) is 0 Å². The fourth-order valence-electron chi connectivity index (χ4n) is 0.158. The molecule has 0 aliphatic heterocycles. The maximum Gasteiger partial charge on any atom is 0.0826 e. The second kappa shape index (κ2) is 8.76. The maximum atomic E-state index is 4.23. The summed E-state index contributed by atoms with van der Waals surface area (Å²) in [6.45, 7) is 4.12. The van der Waals surface area contributed by atoms with Crippen molar-refractivity contribution >= 4 is 0 Å². The molecule has 0 aromatic heterocycles. The summed E-state index contributed by atoms with van der Waals surface area (Å²) in [4.78, 5) is 8.46. The predicted octanol–water partition coefficient (Wildman–Crippen LogP) is 0.701. The van der Waals surface area contributed by atoms with Gasteiger partial charge in [0.25, 0.3) is 0 Å². The molecule has 0 fully saturated rings. The van der Waals surface area contributed by atoms with E-state index in [4.69, 9.17) is 0 Å². The highest BCUT2D eigenvalue weighted by atomic mass is 17.8. The Bertz CT molecular complexity index is 49.7. The molecule has 0 atom stereocenters. The van der Waals surface area contributed by atoms with Crippen LogP contribution in [0.3, 0.4) is 0 Å². The van der Waals surface area contributed by atoms with Crippen molar-refractivity contribution in [2.45, 2.75) is 13.8 Å². The lowest BCUT2D eigenvalue weighted by Crippen LogP contribution is -2.00. The molecule has 10 heavy (non-hydrogen) atoms. The summed E-state index contributed by atoms with van der Waals surface area (Å²) in [6.07, 6.45) is 0. The third-order valence-electron chi connectivity index (χ3n) is 0.415. The molecule has 0 amide bonds. The zero-order valence-corrected chi connectivity index (χ0v) is 5.86. The maximum absolute atomic E-state index is 4.23. The number of hydrogen-bond acceptors (Lipinski definition) is 6. The largest absolute Gasteiger partial charge is 0.204 e.